The minimum Gasteiger partial charge on any atom is -0.0619 e. The zero-order chi connectivity index (χ0) is 15.6. The highest BCUT2D eigenvalue weighted by atomic mass is 14.4. The van der Waals surface area contributed by atoms with E-state index in [4.69, 9.17) is 0 Å². The van der Waals surface area contributed by atoms with E-state index in [1.54, 1.807) is 0 Å². The SMILES string of the molecule is CC1(C)c2ccccc2-c2c1ccc1cc3ccccc3cc21. The summed E-state index contributed by atoms with van der Waals surface area (Å²) in [5.41, 5.74) is 5.78. The van der Waals surface area contributed by atoms with Crippen LogP contribution in [0.5, 0.6) is 0 Å². The molecule has 0 unspecified atom stereocenters. The number of hydrogen-bond acceptors (Lipinski definition) is 0. The summed E-state index contributed by atoms with van der Waals surface area (Å²) in [6, 6.07) is 26.8. The monoisotopic (exact) mass is 294 g/mol. The molecule has 0 spiro atoms. The fourth-order valence-electron chi connectivity index (χ4n) is 4.22. The Labute approximate surface area is 136 Å². The average Bonchev–Trinajstić information content (AvgIpc) is 2.81. The summed E-state index contributed by atoms with van der Waals surface area (Å²) in [5, 5.41) is 5.33. The lowest BCUT2D eigenvalue weighted by Gasteiger charge is -2.21. The third-order valence-corrected chi connectivity index (χ3v) is 5.43. The van der Waals surface area contributed by atoms with Gasteiger partial charge in [0.2, 0.25) is 0 Å². The first-order chi connectivity index (χ1) is 11.2. The first-order valence-corrected chi connectivity index (χ1v) is 8.22. The molecule has 0 aromatic heterocycles. The van der Waals surface area contributed by atoms with Crippen molar-refractivity contribution in [2.45, 2.75) is 19.3 Å². The van der Waals surface area contributed by atoms with Gasteiger partial charge in [-0.1, -0.05) is 74.5 Å². The van der Waals surface area contributed by atoms with Crippen LogP contribution in [-0.2, 0) is 5.41 Å². The summed E-state index contributed by atoms with van der Waals surface area (Å²) >= 11 is 0. The molecule has 1 aliphatic rings. The van der Waals surface area contributed by atoms with Gasteiger partial charge < -0.3 is 0 Å². The van der Waals surface area contributed by atoms with Crippen LogP contribution in [-0.4, -0.2) is 0 Å². The van der Waals surface area contributed by atoms with Crippen molar-refractivity contribution in [3.63, 3.8) is 0 Å². The van der Waals surface area contributed by atoms with Gasteiger partial charge >= 0.3 is 0 Å². The highest BCUT2D eigenvalue weighted by Crippen LogP contribution is 2.51. The van der Waals surface area contributed by atoms with Crippen molar-refractivity contribution in [2.24, 2.45) is 0 Å². The van der Waals surface area contributed by atoms with E-state index >= 15 is 0 Å². The van der Waals surface area contributed by atoms with Crippen LogP contribution in [0.3, 0.4) is 0 Å². The molecule has 0 radical (unpaired) electrons. The van der Waals surface area contributed by atoms with Crippen molar-refractivity contribution < 1.29 is 0 Å². The maximum absolute atomic E-state index is 2.36. The first kappa shape index (κ1) is 12.9. The maximum atomic E-state index is 2.36. The molecule has 0 heteroatoms. The third-order valence-electron chi connectivity index (χ3n) is 5.43. The lowest BCUT2D eigenvalue weighted by atomic mass is 9.82. The Morgan fingerprint density at radius 1 is 0.609 bits per heavy atom. The summed E-state index contributed by atoms with van der Waals surface area (Å²) in [4.78, 5) is 0. The fourth-order valence-corrected chi connectivity index (χ4v) is 4.22. The van der Waals surface area contributed by atoms with Gasteiger partial charge in [0.05, 0.1) is 0 Å². The van der Waals surface area contributed by atoms with Gasteiger partial charge in [0, 0.05) is 5.41 Å². The van der Waals surface area contributed by atoms with E-state index in [2.05, 4.69) is 86.6 Å². The van der Waals surface area contributed by atoms with Gasteiger partial charge in [-0.05, 0) is 55.9 Å². The quantitative estimate of drug-likeness (QED) is 0.334. The predicted octanol–water partition coefficient (Wildman–Crippen LogP) is 6.30. The minimum absolute atomic E-state index is 0.0752. The smallest absolute Gasteiger partial charge is 0.0159 e. The Bertz CT molecular complexity index is 1080. The number of benzene rings is 4. The van der Waals surface area contributed by atoms with Gasteiger partial charge in [-0.15, -0.1) is 0 Å². The number of rotatable bonds is 0. The Hall–Kier alpha value is -2.60. The van der Waals surface area contributed by atoms with E-state index in [1.165, 1.54) is 43.8 Å². The van der Waals surface area contributed by atoms with Gasteiger partial charge in [-0.2, -0.15) is 0 Å². The van der Waals surface area contributed by atoms with Crippen molar-refractivity contribution in [1.82, 2.24) is 0 Å². The zero-order valence-corrected chi connectivity index (χ0v) is 13.4. The summed E-state index contributed by atoms with van der Waals surface area (Å²) in [6.45, 7) is 4.68. The molecule has 4 aromatic carbocycles. The molecular weight excluding hydrogens is 276 g/mol. The molecule has 0 fully saturated rings. The van der Waals surface area contributed by atoms with E-state index in [0.717, 1.165) is 0 Å². The third kappa shape index (κ3) is 1.61. The molecule has 4 aromatic rings. The molecule has 0 saturated carbocycles. The first-order valence-electron chi connectivity index (χ1n) is 8.22. The second-order valence-electron chi connectivity index (χ2n) is 7.08. The van der Waals surface area contributed by atoms with Gasteiger partial charge in [-0.3, -0.25) is 0 Å². The van der Waals surface area contributed by atoms with Crippen LogP contribution in [0.1, 0.15) is 25.0 Å². The Morgan fingerprint density at radius 3 is 2.13 bits per heavy atom. The summed E-state index contributed by atoms with van der Waals surface area (Å²) in [7, 11) is 0. The molecule has 0 amide bonds. The number of hydrogen-bond donors (Lipinski definition) is 0. The highest BCUT2D eigenvalue weighted by molar-refractivity contribution is 6.08. The average molecular weight is 294 g/mol. The lowest BCUT2D eigenvalue weighted by molar-refractivity contribution is 0.661. The van der Waals surface area contributed by atoms with Gasteiger partial charge in [0.25, 0.3) is 0 Å². The second kappa shape index (κ2) is 4.23. The largest absolute Gasteiger partial charge is 0.0619 e. The standard InChI is InChI=1S/C23H18/c1-23(2)20-10-6-5-9-18(20)22-19-14-16-8-4-3-7-15(16)13-17(19)11-12-21(22)23/h3-14H,1-2H3. The topological polar surface area (TPSA) is 0 Å². The predicted molar refractivity (Wildman–Crippen MR) is 99.0 cm³/mol. The number of fused-ring (bicyclic) bond motifs is 6. The Morgan fingerprint density at radius 2 is 1.30 bits per heavy atom. The van der Waals surface area contributed by atoms with E-state index in [1.807, 2.05) is 0 Å². The fraction of sp³-hybridized carbons (Fsp3) is 0.130. The van der Waals surface area contributed by atoms with Crippen molar-refractivity contribution in [2.75, 3.05) is 0 Å². The molecule has 0 atom stereocenters. The van der Waals surface area contributed by atoms with Crippen LogP contribution in [0.15, 0.2) is 72.8 Å². The second-order valence-corrected chi connectivity index (χ2v) is 7.08. The van der Waals surface area contributed by atoms with Crippen LogP contribution in [0.4, 0.5) is 0 Å². The van der Waals surface area contributed by atoms with Crippen LogP contribution < -0.4 is 0 Å². The molecule has 23 heavy (non-hydrogen) atoms. The van der Waals surface area contributed by atoms with Crippen molar-refractivity contribution in [3.05, 3.63) is 83.9 Å². The molecule has 0 nitrogen and oxygen atoms in total. The molecule has 0 heterocycles. The zero-order valence-electron chi connectivity index (χ0n) is 13.4. The lowest BCUT2D eigenvalue weighted by Crippen LogP contribution is -2.14. The van der Waals surface area contributed by atoms with Gasteiger partial charge in [0.15, 0.2) is 0 Å². The van der Waals surface area contributed by atoms with Crippen molar-refractivity contribution in [3.8, 4) is 11.1 Å². The highest BCUT2D eigenvalue weighted by Gasteiger charge is 2.35. The Balaban J connectivity index is 1.98. The van der Waals surface area contributed by atoms with Crippen LogP contribution in [0.25, 0.3) is 32.7 Å². The molecule has 5 rings (SSSR count). The molecule has 110 valence electrons. The molecule has 0 bridgehead atoms. The molecule has 0 N–H and O–H groups in total. The van der Waals surface area contributed by atoms with Crippen LogP contribution in [0, 0.1) is 0 Å². The minimum atomic E-state index is 0.0752. The maximum Gasteiger partial charge on any atom is 0.0159 e. The Kier molecular flexibility index (Phi) is 2.37. The van der Waals surface area contributed by atoms with E-state index in [0.29, 0.717) is 0 Å². The van der Waals surface area contributed by atoms with Crippen molar-refractivity contribution >= 4 is 21.5 Å². The van der Waals surface area contributed by atoms with Crippen LogP contribution >= 0.6 is 0 Å². The molecular formula is C23H18. The molecule has 0 aliphatic heterocycles. The summed E-state index contributed by atoms with van der Waals surface area (Å²) in [6.07, 6.45) is 0. The summed E-state index contributed by atoms with van der Waals surface area (Å²) < 4.78 is 0. The molecule has 1 aliphatic carbocycles. The van der Waals surface area contributed by atoms with E-state index in [9.17, 15) is 0 Å². The van der Waals surface area contributed by atoms with Gasteiger partial charge in [-0.25, -0.2) is 0 Å². The van der Waals surface area contributed by atoms with Crippen LogP contribution in [0.2, 0.25) is 0 Å². The summed E-state index contributed by atoms with van der Waals surface area (Å²) in [5.74, 6) is 0. The van der Waals surface area contributed by atoms with E-state index < -0.39 is 0 Å². The van der Waals surface area contributed by atoms with Crippen molar-refractivity contribution in [1.29, 1.82) is 0 Å². The van der Waals surface area contributed by atoms with E-state index in [-0.39, 0.29) is 5.41 Å². The normalized spacial score (nSPS) is 14.9. The van der Waals surface area contributed by atoms with Gasteiger partial charge in [0.1, 0.15) is 0 Å². The molecule has 0 saturated heterocycles.